The molecular formula is C24H28N6O2. The summed E-state index contributed by atoms with van der Waals surface area (Å²) in [6.45, 7) is 5.34. The van der Waals surface area contributed by atoms with Crippen LogP contribution >= 0.6 is 0 Å². The number of hydrogen-bond acceptors (Lipinski definition) is 6. The van der Waals surface area contributed by atoms with Crippen molar-refractivity contribution in [1.82, 2.24) is 19.9 Å². The summed E-state index contributed by atoms with van der Waals surface area (Å²) in [5, 5.41) is 7.21. The van der Waals surface area contributed by atoms with Gasteiger partial charge in [-0.3, -0.25) is 14.2 Å². The van der Waals surface area contributed by atoms with Crippen molar-refractivity contribution in [1.29, 1.82) is 0 Å². The zero-order chi connectivity index (χ0) is 22.2. The van der Waals surface area contributed by atoms with Crippen LogP contribution in [0.1, 0.15) is 44.2 Å². The summed E-state index contributed by atoms with van der Waals surface area (Å²) in [5.41, 5.74) is 3.67. The normalized spacial score (nSPS) is 16.9. The summed E-state index contributed by atoms with van der Waals surface area (Å²) in [6, 6.07) is 10.4. The van der Waals surface area contributed by atoms with Gasteiger partial charge in [-0.15, -0.1) is 0 Å². The molecule has 2 aromatic heterocycles. The molecule has 1 saturated heterocycles. The van der Waals surface area contributed by atoms with Gasteiger partial charge in [0.25, 0.3) is 5.56 Å². The van der Waals surface area contributed by atoms with Crippen molar-refractivity contribution in [3.63, 3.8) is 0 Å². The minimum atomic E-state index is 0.00813. The molecule has 2 aliphatic rings. The quantitative estimate of drug-likeness (QED) is 0.643. The van der Waals surface area contributed by atoms with Gasteiger partial charge in [-0.25, -0.2) is 4.98 Å². The largest absolute Gasteiger partial charge is 0.371 e. The number of aromatic nitrogens is 3. The second kappa shape index (κ2) is 8.26. The first-order valence-electron chi connectivity index (χ1n) is 11.3. The number of piperidine rings is 1. The van der Waals surface area contributed by atoms with E-state index < -0.39 is 0 Å². The van der Waals surface area contributed by atoms with Crippen LogP contribution in [-0.2, 0) is 4.79 Å². The van der Waals surface area contributed by atoms with Gasteiger partial charge in [0, 0.05) is 61.1 Å². The second-order valence-corrected chi connectivity index (χ2v) is 8.83. The van der Waals surface area contributed by atoms with Crippen LogP contribution in [0.15, 0.2) is 41.3 Å². The number of pyridine rings is 1. The number of fused-ring (bicyclic) bond motifs is 1. The maximum absolute atomic E-state index is 12.5. The van der Waals surface area contributed by atoms with Crippen molar-refractivity contribution in [3.8, 4) is 0 Å². The number of nitrogens with zero attached hydrogens (tertiary/aromatic N) is 4. The van der Waals surface area contributed by atoms with Gasteiger partial charge in [-0.05, 0) is 62.4 Å². The van der Waals surface area contributed by atoms with E-state index >= 15 is 0 Å². The Labute approximate surface area is 186 Å². The van der Waals surface area contributed by atoms with Crippen LogP contribution in [0.2, 0.25) is 0 Å². The Bertz CT molecular complexity index is 1210. The van der Waals surface area contributed by atoms with Gasteiger partial charge in [0.15, 0.2) is 0 Å². The molecular weight excluding hydrogens is 404 g/mol. The third-order valence-corrected chi connectivity index (χ3v) is 6.30. The third kappa shape index (κ3) is 4.17. The van der Waals surface area contributed by atoms with Crippen LogP contribution < -0.4 is 21.1 Å². The van der Waals surface area contributed by atoms with E-state index in [1.807, 2.05) is 23.6 Å². The highest BCUT2D eigenvalue weighted by molar-refractivity contribution is 5.79. The van der Waals surface area contributed by atoms with E-state index in [0.29, 0.717) is 11.6 Å². The summed E-state index contributed by atoms with van der Waals surface area (Å²) >= 11 is 0. The third-order valence-electron chi connectivity index (χ3n) is 6.30. The van der Waals surface area contributed by atoms with Crippen LogP contribution in [0.25, 0.3) is 11.0 Å². The van der Waals surface area contributed by atoms with E-state index in [1.54, 1.807) is 19.2 Å². The van der Waals surface area contributed by atoms with Gasteiger partial charge in [0.1, 0.15) is 5.65 Å². The summed E-state index contributed by atoms with van der Waals surface area (Å²) < 4.78 is 1.81. The summed E-state index contributed by atoms with van der Waals surface area (Å²) in [5.74, 6) is 0.528. The van der Waals surface area contributed by atoms with Crippen molar-refractivity contribution < 1.29 is 4.79 Å². The first-order valence-corrected chi connectivity index (χ1v) is 11.3. The fourth-order valence-corrected chi connectivity index (χ4v) is 4.47. The average Bonchev–Trinajstić information content (AvgIpc) is 3.59. The van der Waals surface area contributed by atoms with Crippen molar-refractivity contribution in [3.05, 3.63) is 52.4 Å². The van der Waals surface area contributed by atoms with Crippen molar-refractivity contribution in [2.75, 3.05) is 23.3 Å². The second-order valence-electron chi connectivity index (χ2n) is 8.83. The molecule has 2 N–H and O–H groups in total. The molecule has 1 saturated carbocycles. The molecule has 1 aliphatic heterocycles. The minimum absolute atomic E-state index is 0.00813. The Morgan fingerprint density at radius 2 is 1.81 bits per heavy atom. The van der Waals surface area contributed by atoms with Crippen LogP contribution in [0, 0.1) is 6.92 Å². The monoisotopic (exact) mass is 432 g/mol. The molecule has 3 aromatic rings. The molecule has 8 nitrogen and oxygen atoms in total. The number of amides is 1. The Morgan fingerprint density at radius 3 is 2.47 bits per heavy atom. The lowest BCUT2D eigenvalue weighted by Gasteiger charge is -2.33. The van der Waals surface area contributed by atoms with Gasteiger partial charge >= 0.3 is 0 Å². The van der Waals surface area contributed by atoms with E-state index in [2.05, 4.69) is 32.7 Å². The van der Waals surface area contributed by atoms with Crippen LogP contribution in [0.4, 0.5) is 17.3 Å². The van der Waals surface area contributed by atoms with Gasteiger partial charge in [0.05, 0.1) is 0 Å². The number of carbonyl (C=O) groups is 1. The Morgan fingerprint density at radius 1 is 1.09 bits per heavy atom. The number of aryl methyl sites for hydroxylation is 1. The molecule has 0 radical (unpaired) electrons. The van der Waals surface area contributed by atoms with Gasteiger partial charge in [0.2, 0.25) is 11.9 Å². The number of hydrogen-bond donors (Lipinski definition) is 2. The molecule has 2 fully saturated rings. The molecule has 5 rings (SSSR count). The number of anilines is 3. The maximum atomic E-state index is 12.5. The molecule has 1 amide bonds. The summed E-state index contributed by atoms with van der Waals surface area (Å²) in [7, 11) is 0. The minimum Gasteiger partial charge on any atom is -0.371 e. The summed E-state index contributed by atoms with van der Waals surface area (Å²) in [6.07, 6.45) is 5.74. The van der Waals surface area contributed by atoms with Crippen LogP contribution in [0.5, 0.6) is 0 Å². The summed E-state index contributed by atoms with van der Waals surface area (Å²) in [4.78, 5) is 35.3. The Balaban J connectivity index is 1.31. The number of benzene rings is 1. The van der Waals surface area contributed by atoms with Crippen LogP contribution in [-0.4, -0.2) is 39.6 Å². The fourth-order valence-electron chi connectivity index (χ4n) is 4.47. The number of carbonyl (C=O) groups excluding carboxylic acids is 1. The van der Waals surface area contributed by atoms with E-state index in [9.17, 15) is 9.59 Å². The lowest BCUT2D eigenvalue weighted by atomic mass is 10.0. The van der Waals surface area contributed by atoms with Gasteiger partial charge in [-0.2, -0.15) is 4.98 Å². The van der Waals surface area contributed by atoms with Gasteiger partial charge < -0.3 is 15.5 Å². The van der Waals surface area contributed by atoms with E-state index in [4.69, 9.17) is 4.98 Å². The van der Waals surface area contributed by atoms with Crippen molar-refractivity contribution >= 4 is 34.3 Å². The SMILES string of the molecule is CC(=O)NC1CCN(c2ccc(Nc3ncc4c(C)cc(=O)n(C5CC5)c4n3)cc2)CC1. The van der Waals surface area contributed by atoms with Crippen molar-refractivity contribution in [2.45, 2.75) is 51.6 Å². The zero-order valence-corrected chi connectivity index (χ0v) is 18.5. The molecule has 0 unspecified atom stereocenters. The van der Waals surface area contributed by atoms with E-state index in [0.717, 1.165) is 61.1 Å². The smallest absolute Gasteiger partial charge is 0.252 e. The fraction of sp³-hybridized carbons (Fsp3) is 0.417. The highest BCUT2D eigenvalue weighted by Crippen LogP contribution is 2.36. The predicted octanol–water partition coefficient (Wildman–Crippen LogP) is 3.28. The predicted molar refractivity (Wildman–Crippen MR) is 126 cm³/mol. The Hall–Kier alpha value is -3.42. The average molecular weight is 433 g/mol. The number of nitrogens with one attached hydrogen (secondary N) is 2. The standard InChI is InChI=1S/C24H28N6O2/c1-15-13-22(32)30(20-7-8-20)23-21(15)14-25-24(28-23)27-17-3-5-19(6-4-17)29-11-9-18(10-12-29)26-16(2)31/h3-6,13-14,18,20H,7-12H2,1-2H3,(H,26,31)(H,25,27,28). The highest BCUT2D eigenvalue weighted by Gasteiger charge is 2.27. The molecule has 0 spiro atoms. The first kappa shape index (κ1) is 20.5. The molecule has 1 aliphatic carbocycles. The van der Waals surface area contributed by atoms with Crippen LogP contribution in [0.3, 0.4) is 0 Å². The molecule has 3 heterocycles. The molecule has 0 atom stereocenters. The molecule has 0 bridgehead atoms. The molecule has 32 heavy (non-hydrogen) atoms. The molecule has 166 valence electrons. The number of rotatable bonds is 5. The molecule has 1 aromatic carbocycles. The van der Waals surface area contributed by atoms with Gasteiger partial charge in [-0.1, -0.05) is 0 Å². The van der Waals surface area contributed by atoms with E-state index in [1.165, 1.54) is 0 Å². The molecule has 8 heteroatoms. The maximum Gasteiger partial charge on any atom is 0.252 e. The zero-order valence-electron chi connectivity index (χ0n) is 18.5. The van der Waals surface area contributed by atoms with E-state index in [-0.39, 0.29) is 23.6 Å². The topological polar surface area (TPSA) is 92.2 Å². The Kier molecular flexibility index (Phi) is 5.28. The highest BCUT2D eigenvalue weighted by atomic mass is 16.1. The lowest BCUT2D eigenvalue weighted by molar-refractivity contribution is -0.119. The van der Waals surface area contributed by atoms with Crippen molar-refractivity contribution in [2.24, 2.45) is 0 Å². The first-order chi connectivity index (χ1) is 15.5. The lowest BCUT2D eigenvalue weighted by Crippen LogP contribution is -2.44.